The van der Waals surface area contributed by atoms with Gasteiger partial charge in [-0.3, -0.25) is 0 Å². The van der Waals surface area contributed by atoms with E-state index in [1.165, 1.54) is 12.8 Å². The van der Waals surface area contributed by atoms with Crippen LogP contribution in [0.5, 0.6) is 0 Å². The van der Waals surface area contributed by atoms with Gasteiger partial charge >= 0.3 is 6.16 Å². The Morgan fingerprint density at radius 1 is 1.17 bits per heavy atom. The molecule has 0 N–H and O–H groups in total. The molecule has 0 radical (unpaired) electrons. The zero-order valence-corrected chi connectivity index (χ0v) is 12.2. The van der Waals surface area contributed by atoms with Crippen LogP contribution < -0.4 is 0 Å². The van der Waals surface area contributed by atoms with Gasteiger partial charge in [-0.25, -0.2) is 9.68 Å². The van der Waals surface area contributed by atoms with Gasteiger partial charge < -0.3 is 4.74 Å². The van der Waals surface area contributed by atoms with E-state index in [0.29, 0.717) is 0 Å². The van der Waals surface area contributed by atoms with E-state index in [9.17, 15) is 4.79 Å². The van der Waals surface area contributed by atoms with Crippen LogP contribution >= 0.6 is 0 Å². The van der Waals surface area contributed by atoms with Crippen molar-refractivity contribution >= 4 is 6.16 Å². The Morgan fingerprint density at radius 3 is 2.39 bits per heavy atom. The Hall–Kier alpha value is -0.810. The van der Waals surface area contributed by atoms with Gasteiger partial charge in [0.05, 0.1) is 5.60 Å². The first-order chi connectivity index (χ1) is 8.35. The van der Waals surface area contributed by atoms with Crippen LogP contribution in [0.1, 0.15) is 66.7 Å². The van der Waals surface area contributed by atoms with Crippen LogP contribution in [-0.2, 0) is 19.6 Å². The van der Waals surface area contributed by atoms with Gasteiger partial charge in [0.15, 0.2) is 0 Å². The molecule has 5 heteroatoms. The first kappa shape index (κ1) is 17.2. The van der Waals surface area contributed by atoms with E-state index in [-0.39, 0.29) is 6.10 Å². The summed E-state index contributed by atoms with van der Waals surface area (Å²) >= 11 is 0. The average molecular weight is 262 g/mol. The second kappa shape index (κ2) is 9.16. The number of unbranched alkanes of at least 4 members (excludes halogenated alkanes) is 3. The van der Waals surface area contributed by atoms with Crippen molar-refractivity contribution in [3.63, 3.8) is 0 Å². The molecule has 0 aliphatic rings. The topological polar surface area (TPSA) is 54.0 Å². The maximum Gasteiger partial charge on any atom is 0.542 e. The van der Waals surface area contributed by atoms with Crippen LogP contribution in [0.15, 0.2) is 0 Å². The highest BCUT2D eigenvalue weighted by Gasteiger charge is 2.16. The molecule has 0 aromatic heterocycles. The number of ether oxygens (including phenoxy) is 1. The van der Waals surface area contributed by atoms with Gasteiger partial charge in [0, 0.05) is 0 Å². The van der Waals surface area contributed by atoms with Crippen molar-refractivity contribution in [1.29, 1.82) is 0 Å². The number of carbonyl (C=O) groups is 1. The van der Waals surface area contributed by atoms with Gasteiger partial charge in [0.1, 0.15) is 6.10 Å². The summed E-state index contributed by atoms with van der Waals surface area (Å²) in [5.41, 5.74) is -0.536. The Bertz CT molecular complexity index is 222. The maximum absolute atomic E-state index is 11.2. The monoisotopic (exact) mass is 262 g/mol. The number of hydrogen-bond acceptors (Lipinski definition) is 5. The smallest absolute Gasteiger partial charge is 0.429 e. The molecule has 1 unspecified atom stereocenters. The van der Waals surface area contributed by atoms with Crippen LogP contribution in [0.25, 0.3) is 0 Å². The lowest BCUT2D eigenvalue weighted by atomic mass is 10.1. The standard InChI is InChI=1S/C13H26O5/c1-6-7-8-9-10-11(2)15-12(14)16-18-17-13(3,4)5/h11H,6-10H2,1-5H3. The van der Waals surface area contributed by atoms with Crippen molar-refractivity contribution < 1.29 is 24.3 Å². The van der Waals surface area contributed by atoms with Crippen molar-refractivity contribution in [3.05, 3.63) is 0 Å². The predicted molar refractivity (Wildman–Crippen MR) is 67.7 cm³/mol. The minimum atomic E-state index is -0.873. The molecule has 0 spiro atoms. The summed E-state index contributed by atoms with van der Waals surface area (Å²) in [4.78, 5) is 20.3. The fourth-order valence-electron chi connectivity index (χ4n) is 1.25. The van der Waals surface area contributed by atoms with Gasteiger partial charge in [-0.1, -0.05) is 26.2 Å². The molecule has 0 bridgehead atoms. The first-order valence-electron chi connectivity index (χ1n) is 6.58. The fraction of sp³-hybridized carbons (Fsp3) is 0.923. The third-order valence-corrected chi connectivity index (χ3v) is 2.15. The third kappa shape index (κ3) is 11.7. The summed E-state index contributed by atoms with van der Waals surface area (Å²) in [7, 11) is 0. The number of carbonyl (C=O) groups excluding carboxylic acids is 1. The van der Waals surface area contributed by atoms with E-state index >= 15 is 0 Å². The average Bonchev–Trinajstić information content (AvgIpc) is 2.22. The van der Waals surface area contributed by atoms with E-state index in [2.05, 4.69) is 16.8 Å². The quantitative estimate of drug-likeness (QED) is 0.284. The molecule has 0 fully saturated rings. The summed E-state index contributed by atoms with van der Waals surface area (Å²) in [6.45, 7) is 9.32. The molecule has 0 aromatic carbocycles. The van der Waals surface area contributed by atoms with Crippen molar-refractivity contribution in [3.8, 4) is 0 Å². The fourth-order valence-corrected chi connectivity index (χ4v) is 1.25. The molecule has 5 nitrogen and oxygen atoms in total. The van der Waals surface area contributed by atoms with Gasteiger partial charge in [-0.05, 0) is 45.6 Å². The molecule has 0 aromatic rings. The second-order valence-corrected chi connectivity index (χ2v) is 5.37. The minimum absolute atomic E-state index is 0.174. The van der Waals surface area contributed by atoms with Crippen LogP contribution in [0.3, 0.4) is 0 Å². The van der Waals surface area contributed by atoms with E-state index in [1.807, 2.05) is 6.92 Å². The SMILES string of the molecule is CCCCCCC(C)OC(=O)OOOC(C)(C)C. The summed E-state index contributed by atoms with van der Waals surface area (Å²) in [5, 5.41) is 4.33. The zero-order valence-electron chi connectivity index (χ0n) is 12.2. The molecule has 18 heavy (non-hydrogen) atoms. The summed E-state index contributed by atoms with van der Waals surface area (Å²) in [6.07, 6.45) is 4.38. The van der Waals surface area contributed by atoms with Crippen LogP contribution in [-0.4, -0.2) is 17.9 Å². The van der Waals surface area contributed by atoms with Crippen molar-refractivity contribution in [2.24, 2.45) is 0 Å². The van der Waals surface area contributed by atoms with Crippen molar-refractivity contribution in [2.75, 3.05) is 0 Å². The second-order valence-electron chi connectivity index (χ2n) is 5.37. The lowest BCUT2D eigenvalue weighted by Gasteiger charge is -2.16. The molecule has 0 aliphatic heterocycles. The third-order valence-electron chi connectivity index (χ3n) is 2.15. The lowest BCUT2D eigenvalue weighted by Crippen LogP contribution is -2.22. The Kier molecular flexibility index (Phi) is 8.75. The minimum Gasteiger partial charge on any atom is -0.429 e. The molecule has 0 saturated carbocycles. The van der Waals surface area contributed by atoms with Gasteiger partial charge in [0.25, 0.3) is 0 Å². The summed E-state index contributed by atoms with van der Waals surface area (Å²) in [5.74, 6) is 0. The molecule has 0 heterocycles. The lowest BCUT2D eigenvalue weighted by molar-refractivity contribution is -0.515. The highest BCUT2D eigenvalue weighted by Crippen LogP contribution is 2.10. The molecule has 0 aliphatic carbocycles. The molecule has 0 saturated heterocycles. The van der Waals surface area contributed by atoms with Crippen LogP contribution in [0, 0.1) is 0 Å². The first-order valence-corrected chi connectivity index (χ1v) is 6.58. The maximum atomic E-state index is 11.2. The summed E-state index contributed by atoms with van der Waals surface area (Å²) < 4.78 is 4.98. The highest BCUT2D eigenvalue weighted by atomic mass is 17.5. The van der Waals surface area contributed by atoms with E-state index in [4.69, 9.17) is 9.62 Å². The van der Waals surface area contributed by atoms with Crippen molar-refractivity contribution in [2.45, 2.75) is 78.4 Å². The normalized spacial score (nSPS) is 13.2. The molecular weight excluding hydrogens is 236 g/mol. The van der Waals surface area contributed by atoms with Crippen LogP contribution in [0.4, 0.5) is 4.79 Å². The van der Waals surface area contributed by atoms with Gasteiger partial charge in [-0.2, -0.15) is 4.89 Å². The summed E-state index contributed by atoms with van der Waals surface area (Å²) in [6, 6.07) is 0. The molecule has 1 atom stereocenters. The van der Waals surface area contributed by atoms with E-state index < -0.39 is 11.8 Å². The Labute approximate surface area is 110 Å². The highest BCUT2D eigenvalue weighted by molar-refractivity contribution is 5.59. The van der Waals surface area contributed by atoms with Crippen molar-refractivity contribution in [1.82, 2.24) is 0 Å². The largest absolute Gasteiger partial charge is 0.542 e. The predicted octanol–water partition coefficient (Wildman–Crippen LogP) is 4.16. The zero-order chi connectivity index (χ0) is 14.0. The molecule has 0 rings (SSSR count). The molecule has 0 amide bonds. The van der Waals surface area contributed by atoms with Crippen LogP contribution in [0.2, 0.25) is 0 Å². The van der Waals surface area contributed by atoms with E-state index in [1.54, 1.807) is 20.8 Å². The molecular formula is C13H26O5. The Balaban J connectivity index is 3.55. The number of rotatable bonds is 8. The van der Waals surface area contributed by atoms with E-state index in [0.717, 1.165) is 19.3 Å². The molecule has 108 valence electrons. The van der Waals surface area contributed by atoms with Gasteiger partial charge in [0.2, 0.25) is 0 Å². The van der Waals surface area contributed by atoms with Gasteiger partial charge in [-0.15, -0.1) is 0 Å². The Morgan fingerprint density at radius 2 is 1.83 bits per heavy atom. The number of hydrogen-bond donors (Lipinski definition) is 0.